The van der Waals surface area contributed by atoms with Gasteiger partial charge in [0.15, 0.2) is 0 Å². The molecule has 2 rings (SSSR count). The van der Waals surface area contributed by atoms with Crippen LogP contribution in [-0.2, 0) is 4.74 Å². The molecule has 0 bridgehead atoms. The van der Waals surface area contributed by atoms with E-state index < -0.39 is 5.97 Å². The smallest absolute Gasteiger partial charge is 0.341 e. The Hall–Kier alpha value is -1.82. The Balaban J connectivity index is 2.11. The van der Waals surface area contributed by atoms with E-state index in [9.17, 15) is 4.79 Å². The highest BCUT2D eigenvalue weighted by Crippen LogP contribution is 2.23. The molecule has 0 amide bonds. The standard InChI is InChI=1S/C15H24N4O2/c1-18-6-4-11(5-7-18)10-19(2)14-13(15(20)21-3)8-12(16)9-17-14/h8-9,11H,4-7,10,16H2,1-3H3. The zero-order chi connectivity index (χ0) is 15.4. The van der Waals surface area contributed by atoms with Crippen LogP contribution >= 0.6 is 0 Å². The predicted molar refractivity (Wildman–Crippen MR) is 83.5 cm³/mol. The van der Waals surface area contributed by atoms with Crippen molar-refractivity contribution in [3.05, 3.63) is 17.8 Å². The topological polar surface area (TPSA) is 71.7 Å². The highest BCUT2D eigenvalue weighted by Gasteiger charge is 2.22. The first-order chi connectivity index (χ1) is 10.0. The van der Waals surface area contributed by atoms with E-state index in [2.05, 4.69) is 16.9 Å². The third kappa shape index (κ3) is 3.85. The molecule has 1 aromatic rings. The summed E-state index contributed by atoms with van der Waals surface area (Å²) < 4.78 is 4.82. The molecule has 0 aromatic carbocycles. The van der Waals surface area contributed by atoms with Gasteiger partial charge in [-0.05, 0) is 45.0 Å². The monoisotopic (exact) mass is 292 g/mol. The molecule has 2 heterocycles. The fourth-order valence-electron chi connectivity index (χ4n) is 2.76. The number of piperidine rings is 1. The fraction of sp³-hybridized carbons (Fsp3) is 0.600. The predicted octanol–water partition coefficient (Wildman–Crippen LogP) is 1.23. The van der Waals surface area contributed by atoms with Crippen molar-refractivity contribution in [2.24, 2.45) is 5.92 Å². The Bertz CT molecular complexity index is 498. The number of anilines is 2. The maximum atomic E-state index is 11.9. The third-order valence-corrected chi connectivity index (χ3v) is 4.02. The minimum absolute atomic E-state index is 0.403. The maximum Gasteiger partial charge on any atom is 0.341 e. The molecule has 0 radical (unpaired) electrons. The van der Waals surface area contributed by atoms with E-state index >= 15 is 0 Å². The minimum Gasteiger partial charge on any atom is -0.465 e. The second-order valence-electron chi connectivity index (χ2n) is 5.76. The largest absolute Gasteiger partial charge is 0.465 e. The molecule has 2 N–H and O–H groups in total. The molecular formula is C15H24N4O2. The van der Waals surface area contributed by atoms with E-state index in [0.717, 1.165) is 19.6 Å². The van der Waals surface area contributed by atoms with Crippen LogP contribution in [0.5, 0.6) is 0 Å². The van der Waals surface area contributed by atoms with Gasteiger partial charge in [-0.3, -0.25) is 0 Å². The van der Waals surface area contributed by atoms with Gasteiger partial charge in [0.1, 0.15) is 11.4 Å². The van der Waals surface area contributed by atoms with Crippen molar-refractivity contribution in [2.45, 2.75) is 12.8 Å². The molecule has 1 aliphatic rings. The fourth-order valence-corrected chi connectivity index (χ4v) is 2.76. The number of nitrogen functional groups attached to an aromatic ring is 1. The van der Waals surface area contributed by atoms with Gasteiger partial charge in [-0.2, -0.15) is 0 Å². The summed E-state index contributed by atoms with van der Waals surface area (Å²) in [6.07, 6.45) is 3.92. The number of likely N-dealkylation sites (tertiary alicyclic amines) is 1. The number of methoxy groups -OCH3 is 1. The van der Waals surface area contributed by atoms with Crippen LogP contribution in [0.25, 0.3) is 0 Å². The Morgan fingerprint density at radius 1 is 1.52 bits per heavy atom. The van der Waals surface area contributed by atoms with Crippen LogP contribution < -0.4 is 10.6 Å². The number of carbonyl (C=O) groups excluding carboxylic acids is 1. The third-order valence-electron chi connectivity index (χ3n) is 4.02. The van der Waals surface area contributed by atoms with Gasteiger partial charge in [0.2, 0.25) is 0 Å². The zero-order valence-electron chi connectivity index (χ0n) is 13.0. The van der Waals surface area contributed by atoms with Gasteiger partial charge < -0.3 is 20.3 Å². The number of hydrogen-bond acceptors (Lipinski definition) is 6. The summed E-state index contributed by atoms with van der Waals surface area (Å²) in [5, 5.41) is 0. The van der Waals surface area contributed by atoms with Crippen LogP contribution in [0, 0.1) is 5.92 Å². The molecular weight excluding hydrogens is 268 g/mol. The van der Waals surface area contributed by atoms with Gasteiger partial charge in [-0.1, -0.05) is 0 Å². The van der Waals surface area contributed by atoms with Crippen molar-refractivity contribution in [1.82, 2.24) is 9.88 Å². The number of ether oxygens (including phenoxy) is 1. The lowest BCUT2D eigenvalue weighted by molar-refractivity contribution is 0.0601. The molecule has 0 unspecified atom stereocenters. The Kier molecular flexibility index (Phi) is 5.01. The average molecular weight is 292 g/mol. The Morgan fingerprint density at radius 2 is 2.19 bits per heavy atom. The second kappa shape index (κ2) is 6.76. The molecule has 0 saturated carbocycles. The summed E-state index contributed by atoms with van der Waals surface area (Å²) in [5.41, 5.74) is 6.61. The molecule has 0 atom stereocenters. The van der Waals surface area contributed by atoms with Crippen LogP contribution in [0.4, 0.5) is 11.5 Å². The van der Waals surface area contributed by atoms with E-state index in [1.54, 1.807) is 12.3 Å². The minimum atomic E-state index is -0.403. The lowest BCUT2D eigenvalue weighted by atomic mass is 9.96. The first-order valence-corrected chi connectivity index (χ1v) is 7.24. The molecule has 6 heteroatoms. The number of hydrogen-bond donors (Lipinski definition) is 1. The maximum absolute atomic E-state index is 11.9. The number of aromatic nitrogens is 1. The van der Waals surface area contributed by atoms with E-state index in [1.165, 1.54) is 20.0 Å². The number of nitrogens with two attached hydrogens (primary N) is 1. The van der Waals surface area contributed by atoms with Gasteiger partial charge in [-0.25, -0.2) is 9.78 Å². The SMILES string of the molecule is COC(=O)c1cc(N)cnc1N(C)CC1CCN(C)CC1. The highest BCUT2D eigenvalue weighted by molar-refractivity contribution is 5.95. The molecule has 0 spiro atoms. The molecule has 116 valence electrons. The van der Waals surface area contributed by atoms with Crippen molar-refractivity contribution < 1.29 is 9.53 Å². The number of pyridine rings is 1. The van der Waals surface area contributed by atoms with Gasteiger partial charge >= 0.3 is 5.97 Å². The average Bonchev–Trinajstić information content (AvgIpc) is 2.48. The molecule has 1 saturated heterocycles. The summed E-state index contributed by atoms with van der Waals surface area (Å²) >= 11 is 0. The second-order valence-corrected chi connectivity index (χ2v) is 5.76. The van der Waals surface area contributed by atoms with Crippen molar-refractivity contribution in [2.75, 3.05) is 51.5 Å². The molecule has 6 nitrogen and oxygen atoms in total. The zero-order valence-corrected chi connectivity index (χ0v) is 13.0. The van der Waals surface area contributed by atoms with E-state index in [-0.39, 0.29) is 0 Å². The molecule has 1 fully saturated rings. The lowest BCUT2D eigenvalue weighted by Gasteiger charge is -2.32. The van der Waals surface area contributed by atoms with Crippen molar-refractivity contribution >= 4 is 17.5 Å². The van der Waals surface area contributed by atoms with Crippen LogP contribution in [0.3, 0.4) is 0 Å². The molecule has 1 aliphatic heterocycles. The Labute approximate surface area is 125 Å². The number of esters is 1. The molecule has 21 heavy (non-hydrogen) atoms. The van der Waals surface area contributed by atoms with Crippen molar-refractivity contribution in [1.29, 1.82) is 0 Å². The summed E-state index contributed by atoms with van der Waals surface area (Å²) in [6, 6.07) is 1.62. The number of nitrogens with zero attached hydrogens (tertiary/aromatic N) is 3. The number of carbonyl (C=O) groups is 1. The summed E-state index contributed by atoms with van der Waals surface area (Å²) in [5.74, 6) is 0.853. The normalized spacial score (nSPS) is 16.7. The lowest BCUT2D eigenvalue weighted by Crippen LogP contribution is -2.36. The van der Waals surface area contributed by atoms with Gasteiger partial charge in [-0.15, -0.1) is 0 Å². The molecule has 1 aromatic heterocycles. The van der Waals surface area contributed by atoms with Crippen LogP contribution in [0.1, 0.15) is 23.2 Å². The number of rotatable bonds is 4. The van der Waals surface area contributed by atoms with Crippen molar-refractivity contribution in [3.63, 3.8) is 0 Å². The van der Waals surface area contributed by atoms with Crippen molar-refractivity contribution in [3.8, 4) is 0 Å². The first kappa shape index (κ1) is 15.6. The first-order valence-electron chi connectivity index (χ1n) is 7.24. The van der Waals surface area contributed by atoms with Crippen LogP contribution in [0.15, 0.2) is 12.3 Å². The summed E-state index contributed by atoms with van der Waals surface area (Å²) in [4.78, 5) is 20.6. The summed E-state index contributed by atoms with van der Waals surface area (Å²) in [6.45, 7) is 3.13. The summed E-state index contributed by atoms with van der Waals surface area (Å²) in [7, 11) is 5.48. The van der Waals surface area contributed by atoms with E-state index in [4.69, 9.17) is 10.5 Å². The van der Waals surface area contributed by atoms with Gasteiger partial charge in [0.25, 0.3) is 0 Å². The van der Waals surface area contributed by atoms with Gasteiger partial charge in [0.05, 0.1) is 19.0 Å². The van der Waals surface area contributed by atoms with E-state index in [1.807, 2.05) is 11.9 Å². The van der Waals surface area contributed by atoms with Crippen LogP contribution in [-0.4, -0.2) is 56.7 Å². The highest BCUT2D eigenvalue weighted by atomic mass is 16.5. The van der Waals surface area contributed by atoms with Crippen LogP contribution in [0.2, 0.25) is 0 Å². The molecule has 0 aliphatic carbocycles. The van der Waals surface area contributed by atoms with Gasteiger partial charge in [0, 0.05) is 13.6 Å². The van der Waals surface area contributed by atoms with E-state index in [0.29, 0.717) is 23.0 Å². The Morgan fingerprint density at radius 3 is 2.81 bits per heavy atom. The quantitative estimate of drug-likeness (QED) is 0.842.